The van der Waals surface area contributed by atoms with Crippen molar-refractivity contribution >= 4 is 17.5 Å². The van der Waals surface area contributed by atoms with E-state index in [9.17, 15) is 9.59 Å². The monoisotopic (exact) mass is 291 g/mol. The van der Waals surface area contributed by atoms with Gasteiger partial charge in [-0.2, -0.15) is 0 Å². The molecule has 1 atom stereocenters. The van der Waals surface area contributed by atoms with Crippen molar-refractivity contribution in [1.82, 2.24) is 10.6 Å². The lowest BCUT2D eigenvalue weighted by molar-refractivity contribution is -0.119. The smallest absolute Gasteiger partial charge is 0.251 e. The van der Waals surface area contributed by atoms with Crippen LogP contribution >= 0.6 is 0 Å². The molecule has 5 heteroatoms. The van der Waals surface area contributed by atoms with Crippen molar-refractivity contribution in [2.75, 3.05) is 18.9 Å². The summed E-state index contributed by atoms with van der Waals surface area (Å²) in [4.78, 5) is 23.9. The third kappa shape index (κ3) is 5.95. The fourth-order valence-electron chi connectivity index (χ4n) is 1.78. The summed E-state index contributed by atoms with van der Waals surface area (Å²) in [5, 5.41) is 8.69. The third-order valence-corrected chi connectivity index (χ3v) is 2.86. The molecule has 0 saturated heterocycles. The molecular formula is C16H25N3O2. The lowest BCUT2D eigenvalue weighted by Crippen LogP contribution is -2.40. The quantitative estimate of drug-likeness (QED) is 0.777. The largest absolute Gasteiger partial charge is 0.347 e. The SMILES string of the molecule is CNCC(C)C(=O)Nc1ccc(C(=O)NC(C)(C)C)cc1. The number of carbonyl (C=O) groups is 2. The van der Waals surface area contributed by atoms with Gasteiger partial charge in [0.05, 0.1) is 0 Å². The van der Waals surface area contributed by atoms with Gasteiger partial charge >= 0.3 is 0 Å². The van der Waals surface area contributed by atoms with Crippen LogP contribution in [0.25, 0.3) is 0 Å². The maximum atomic E-state index is 12.0. The van der Waals surface area contributed by atoms with Crippen LogP contribution in [0.2, 0.25) is 0 Å². The van der Waals surface area contributed by atoms with Crippen LogP contribution in [0.4, 0.5) is 5.69 Å². The predicted molar refractivity (Wildman–Crippen MR) is 85.4 cm³/mol. The van der Waals surface area contributed by atoms with Crippen LogP contribution in [-0.4, -0.2) is 30.9 Å². The first-order valence-corrected chi connectivity index (χ1v) is 7.11. The molecular weight excluding hydrogens is 266 g/mol. The average Bonchev–Trinajstić information content (AvgIpc) is 2.37. The Kier molecular flexibility index (Phi) is 5.90. The van der Waals surface area contributed by atoms with Crippen LogP contribution in [0.5, 0.6) is 0 Å². The second-order valence-electron chi connectivity index (χ2n) is 6.23. The van der Waals surface area contributed by atoms with E-state index < -0.39 is 0 Å². The second-order valence-corrected chi connectivity index (χ2v) is 6.23. The molecule has 0 aliphatic carbocycles. The number of hydrogen-bond acceptors (Lipinski definition) is 3. The van der Waals surface area contributed by atoms with Crippen LogP contribution in [0, 0.1) is 5.92 Å². The summed E-state index contributed by atoms with van der Waals surface area (Å²) in [6.07, 6.45) is 0. The molecule has 2 amide bonds. The van der Waals surface area contributed by atoms with Gasteiger partial charge in [-0.25, -0.2) is 0 Å². The van der Waals surface area contributed by atoms with Gasteiger partial charge in [0.2, 0.25) is 5.91 Å². The maximum absolute atomic E-state index is 12.0. The van der Waals surface area contributed by atoms with E-state index in [4.69, 9.17) is 0 Å². The number of nitrogens with one attached hydrogen (secondary N) is 3. The third-order valence-electron chi connectivity index (χ3n) is 2.86. The predicted octanol–water partition coefficient (Wildman–Crippen LogP) is 2.01. The number of hydrogen-bond donors (Lipinski definition) is 3. The molecule has 0 aromatic heterocycles. The van der Waals surface area contributed by atoms with Gasteiger partial charge in [0, 0.05) is 29.3 Å². The van der Waals surface area contributed by atoms with Crippen LogP contribution in [0.1, 0.15) is 38.1 Å². The van der Waals surface area contributed by atoms with E-state index in [2.05, 4.69) is 16.0 Å². The minimum atomic E-state index is -0.271. The van der Waals surface area contributed by atoms with E-state index in [1.807, 2.05) is 34.7 Å². The summed E-state index contributed by atoms with van der Waals surface area (Å²) in [5.41, 5.74) is 0.994. The molecule has 0 fully saturated rings. The Hall–Kier alpha value is -1.88. The van der Waals surface area contributed by atoms with Crippen LogP contribution in [-0.2, 0) is 4.79 Å². The first-order valence-electron chi connectivity index (χ1n) is 7.11. The molecule has 0 bridgehead atoms. The number of carbonyl (C=O) groups excluding carboxylic acids is 2. The first-order chi connectivity index (χ1) is 9.73. The fourth-order valence-corrected chi connectivity index (χ4v) is 1.78. The molecule has 21 heavy (non-hydrogen) atoms. The highest BCUT2D eigenvalue weighted by molar-refractivity contribution is 5.96. The molecule has 0 radical (unpaired) electrons. The number of anilines is 1. The van der Waals surface area contributed by atoms with Gasteiger partial charge in [-0.05, 0) is 52.1 Å². The maximum Gasteiger partial charge on any atom is 0.251 e. The van der Waals surface area contributed by atoms with Gasteiger partial charge in [0.1, 0.15) is 0 Å². The van der Waals surface area contributed by atoms with Gasteiger partial charge in [-0.1, -0.05) is 6.92 Å². The van der Waals surface area contributed by atoms with E-state index in [1.165, 1.54) is 0 Å². The lowest BCUT2D eigenvalue weighted by atomic mass is 10.1. The molecule has 3 N–H and O–H groups in total. The Labute approximate surface area is 126 Å². The van der Waals surface area contributed by atoms with Crippen molar-refractivity contribution in [3.05, 3.63) is 29.8 Å². The van der Waals surface area contributed by atoms with Crippen molar-refractivity contribution in [1.29, 1.82) is 0 Å². The normalized spacial score (nSPS) is 12.6. The van der Waals surface area contributed by atoms with Gasteiger partial charge in [-0.3, -0.25) is 9.59 Å². The minimum absolute atomic E-state index is 0.0451. The highest BCUT2D eigenvalue weighted by Gasteiger charge is 2.16. The summed E-state index contributed by atoms with van der Waals surface area (Å²) in [7, 11) is 1.81. The zero-order chi connectivity index (χ0) is 16.0. The Morgan fingerprint density at radius 1 is 1.14 bits per heavy atom. The van der Waals surface area contributed by atoms with Crippen molar-refractivity contribution < 1.29 is 9.59 Å². The Bertz CT molecular complexity index is 489. The van der Waals surface area contributed by atoms with Crippen LogP contribution in [0.3, 0.4) is 0 Å². The van der Waals surface area contributed by atoms with Crippen molar-refractivity contribution in [2.45, 2.75) is 33.2 Å². The zero-order valence-corrected chi connectivity index (χ0v) is 13.4. The summed E-state index contributed by atoms with van der Waals surface area (Å²) < 4.78 is 0. The molecule has 1 aromatic rings. The molecule has 0 spiro atoms. The van der Waals surface area contributed by atoms with Gasteiger partial charge in [0.25, 0.3) is 5.91 Å². The number of rotatable bonds is 5. The fraction of sp³-hybridized carbons (Fsp3) is 0.500. The van der Waals surface area contributed by atoms with E-state index >= 15 is 0 Å². The molecule has 0 aliphatic rings. The van der Waals surface area contributed by atoms with Gasteiger partial charge < -0.3 is 16.0 Å². The highest BCUT2D eigenvalue weighted by atomic mass is 16.2. The van der Waals surface area contributed by atoms with Crippen molar-refractivity contribution in [3.63, 3.8) is 0 Å². The highest BCUT2D eigenvalue weighted by Crippen LogP contribution is 2.12. The Morgan fingerprint density at radius 2 is 1.71 bits per heavy atom. The molecule has 0 aliphatic heterocycles. The van der Waals surface area contributed by atoms with E-state index in [0.717, 1.165) is 0 Å². The Balaban J connectivity index is 2.66. The average molecular weight is 291 g/mol. The lowest BCUT2D eigenvalue weighted by Gasteiger charge is -2.20. The summed E-state index contributed by atoms with van der Waals surface area (Å²) in [6, 6.07) is 6.89. The van der Waals surface area contributed by atoms with E-state index in [1.54, 1.807) is 24.3 Å². The Morgan fingerprint density at radius 3 is 2.19 bits per heavy atom. The molecule has 5 nitrogen and oxygen atoms in total. The number of amides is 2. The van der Waals surface area contributed by atoms with Gasteiger partial charge in [-0.15, -0.1) is 0 Å². The molecule has 0 heterocycles. The van der Waals surface area contributed by atoms with Gasteiger partial charge in [0.15, 0.2) is 0 Å². The molecule has 0 saturated carbocycles. The molecule has 1 rings (SSSR count). The van der Waals surface area contributed by atoms with Crippen molar-refractivity contribution in [2.24, 2.45) is 5.92 Å². The first kappa shape index (κ1) is 17.2. The summed E-state index contributed by atoms with van der Waals surface area (Å²) >= 11 is 0. The summed E-state index contributed by atoms with van der Waals surface area (Å²) in [5.74, 6) is -0.279. The topological polar surface area (TPSA) is 70.2 Å². The van der Waals surface area contributed by atoms with E-state index in [-0.39, 0.29) is 23.3 Å². The standard InChI is InChI=1S/C16H25N3O2/c1-11(10-17-5)14(20)18-13-8-6-12(7-9-13)15(21)19-16(2,3)4/h6-9,11,17H,10H2,1-5H3,(H,18,20)(H,19,21). The minimum Gasteiger partial charge on any atom is -0.347 e. The van der Waals surface area contributed by atoms with Crippen LogP contribution in [0.15, 0.2) is 24.3 Å². The second kappa shape index (κ2) is 7.22. The van der Waals surface area contributed by atoms with Crippen LogP contribution < -0.4 is 16.0 Å². The van der Waals surface area contributed by atoms with Crippen molar-refractivity contribution in [3.8, 4) is 0 Å². The van der Waals surface area contributed by atoms with E-state index in [0.29, 0.717) is 17.8 Å². The summed E-state index contributed by atoms with van der Waals surface area (Å²) in [6.45, 7) is 8.28. The molecule has 116 valence electrons. The molecule has 1 aromatic carbocycles. The molecule has 1 unspecified atom stereocenters. The number of benzene rings is 1. The zero-order valence-electron chi connectivity index (χ0n) is 13.4.